The first-order valence-electron chi connectivity index (χ1n) is 18.8. The second-order valence-corrected chi connectivity index (χ2v) is 14.5. The normalized spacial score (nSPS) is 14.1. The number of allylic oxidation sites excluding steroid dienone is 2. The van der Waals surface area contributed by atoms with Gasteiger partial charge in [0.05, 0.1) is 0 Å². The summed E-state index contributed by atoms with van der Waals surface area (Å²) in [5, 5.41) is 15.3. The minimum atomic E-state index is -0.0258. The molecule has 10 rings (SSSR count). The van der Waals surface area contributed by atoms with E-state index in [4.69, 9.17) is 5.32 Å². The average molecular weight is 689 g/mol. The molecule has 0 radical (unpaired) electrons. The summed E-state index contributed by atoms with van der Waals surface area (Å²) in [6, 6.07) is 62.2. The third-order valence-corrected chi connectivity index (χ3v) is 11.3. The van der Waals surface area contributed by atoms with E-state index in [1.165, 1.54) is 93.2 Å². The maximum atomic E-state index is 5.25. The fourth-order valence-corrected chi connectivity index (χ4v) is 8.85. The lowest BCUT2D eigenvalue weighted by atomic mass is 9.83. The predicted molar refractivity (Wildman–Crippen MR) is 232 cm³/mol. The Balaban J connectivity index is 1.09. The van der Waals surface area contributed by atoms with Gasteiger partial charge in [0.1, 0.15) is 0 Å². The Morgan fingerprint density at radius 3 is 1.50 bits per heavy atom. The molecule has 0 spiro atoms. The van der Waals surface area contributed by atoms with Crippen molar-refractivity contribution in [2.24, 2.45) is 0 Å². The fraction of sp³-hybridized carbons (Fsp3) is 0.0566. The molecule has 9 aromatic rings. The molecule has 1 unspecified atom stereocenters. The number of fused-ring (bicyclic) bond motifs is 4. The molecule has 9 aromatic carbocycles. The summed E-state index contributed by atoms with van der Waals surface area (Å²) in [5.41, 5.74) is 13.6. The van der Waals surface area contributed by atoms with Crippen molar-refractivity contribution in [3.05, 3.63) is 216 Å². The van der Waals surface area contributed by atoms with Crippen LogP contribution in [0, 0.1) is 13.8 Å². The third-order valence-electron chi connectivity index (χ3n) is 11.3. The van der Waals surface area contributed by atoms with Crippen molar-refractivity contribution >= 4 is 48.8 Å². The second-order valence-electron chi connectivity index (χ2n) is 14.5. The molecule has 1 heterocycles. The van der Waals surface area contributed by atoms with Crippen LogP contribution in [0.3, 0.4) is 0 Å². The lowest BCUT2D eigenvalue weighted by Crippen LogP contribution is -2.00. The van der Waals surface area contributed by atoms with Gasteiger partial charge in [-0.3, -0.25) is 0 Å². The van der Waals surface area contributed by atoms with Crippen LogP contribution in [-0.4, -0.2) is 0 Å². The molecule has 1 heteroatoms. The number of aryl methyl sites for hydroxylation is 2. The highest BCUT2D eigenvalue weighted by molar-refractivity contribution is 6.24. The van der Waals surface area contributed by atoms with Crippen molar-refractivity contribution in [2.75, 3.05) is 0 Å². The molecule has 0 saturated heterocycles. The molecule has 0 saturated carbocycles. The van der Waals surface area contributed by atoms with Crippen molar-refractivity contribution in [3.8, 4) is 33.4 Å². The molecule has 256 valence electrons. The first-order chi connectivity index (χ1) is 26.6. The maximum Gasteiger partial charge on any atom is -0.00201 e. The standard InChI is InChI=1S/C53H38N/c1-34-14-11-15-35(2)51(34)47-32-33-48(41-20-6-5-19-40(41)47)53-45-23-9-7-21-43(45)52(44-22-8-10-24-46(44)53)38-30-28-37(29-31-38)49-26-13-27-50(54-49)42-25-12-17-36-16-3-4-18-39(36)42/h3-33,50H,1-2H3/q-1. The Morgan fingerprint density at radius 2 is 0.870 bits per heavy atom. The number of rotatable bonds is 5. The van der Waals surface area contributed by atoms with Gasteiger partial charge in [-0.25, -0.2) is 0 Å². The number of hydrogen-bond donors (Lipinski definition) is 0. The molecule has 0 amide bonds. The SMILES string of the molecule is Cc1cccc(C)c1-c1ccc(-c2c3ccccc3c(-c3ccc(C4=CC=CC(c5cccc6ccccc56)[N-]4)cc3)c3ccccc23)c2ccccc12. The summed E-state index contributed by atoms with van der Waals surface area (Å²) >= 11 is 0. The Hall–Kier alpha value is -6.70. The van der Waals surface area contributed by atoms with E-state index in [2.05, 4.69) is 202 Å². The number of nitrogens with zero attached hydrogens (tertiary/aromatic N) is 1. The summed E-state index contributed by atoms with van der Waals surface area (Å²) in [6.07, 6.45) is 6.48. The Bertz CT molecular complexity index is 2900. The molecule has 0 aromatic heterocycles. The van der Waals surface area contributed by atoms with Gasteiger partial charge in [-0.05, 0) is 107 Å². The Morgan fingerprint density at radius 1 is 0.389 bits per heavy atom. The third kappa shape index (κ3) is 5.24. The summed E-state index contributed by atoms with van der Waals surface area (Å²) in [4.78, 5) is 0. The highest BCUT2D eigenvalue weighted by atomic mass is 14.9. The Kier molecular flexibility index (Phi) is 7.74. The van der Waals surface area contributed by atoms with Crippen molar-refractivity contribution in [2.45, 2.75) is 19.9 Å². The minimum Gasteiger partial charge on any atom is -0.674 e. The molecule has 0 bridgehead atoms. The zero-order valence-corrected chi connectivity index (χ0v) is 30.4. The highest BCUT2D eigenvalue weighted by Gasteiger charge is 2.20. The van der Waals surface area contributed by atoms with Crippen molar-refractivity contribution in [1.29, 1.82) is 0 Å². The maximum absolute atomic E-state index is 5.25. The van der Waals surface area contributed by atoms with Crippen LogP contribution in [0.5, 0.6) is 0 Å². The van der Waals surface area contributed by atoms with Gasteiger partial charge in [-0.2, -0.15) is 0 Å². The van der Waals surface area contributed by atoms with Crippen LogP contribution in [0.4, 0.5) is 0 Å². The van der Waals surface area contributed by atoms with E-state index in [0.29, 0.717) is 0 Å². The zero-order chi connectivity index (χ0) is 36.2. The molecule has 54 heavy (non-hydrogen) atoms. The molecule has 0 N–H and O–H groups in total. The monoisotopic (exact) mass is 688 g/mol. The number of hydrogen-bond acceptors (Lipinski definition) is 0. The van der Waals surface area contributed by atoms with Gasteiger partial charge < -0.3 is 5.32 Å². The molecule has 1 nitrogen and oxygen atoms in total. The van der Waals surface area contributed by atoms with Crippen molar-refractivity contribution in [3.63, 3.8) is 0 Å². The van der Waals surface area contributed by atoms with E-state index < -0.39 is 0 Å². The van der Waals surface area contributed by atoms with E-state index in [9.17, 15) is 0 Å². The van der Waals surface area contributed by atoms with Crippen LogP contribution in [0.2, 0.25) is 0 Å². The van der Waals surface area contributed by atoms with E-state index in [1.54, 1.807) is 0 Å². The minimum absolute atomic E-state index is 0.0258. The summed E-state index contributed by atoms with van der Waals surface area (Å²) in [7, 11) is 0. The van der Waals surface area contributed by atoms with Crippen LogP contribution in [0.1, 0.15) is 28.3 Å². The van der Waals surface area contributed by atoms with Crippen LogP contribution in [-0.2, 0) is 0 Å². The van der Waals surface area contributed by atoms with Crippen LogP contribution in [0.25, 0.3) is 87.5 Å². The second kappa shape index (κ2) is 13.1. The summed E-state index contributed by atoms with van der Waals surface area (Å²) < 4.78 is 0. The van der Waals surface area contributed by atoms with Gasteiger partial charge in [0, 0.05) is 0 Å². The first-order valence-corrected chi connectivity index (χ1v) is 18.8. The van der Waals surface area contributed by atoms with E-state index in [0.717, 1.165) is 11.3 Å². The van der Waals surface area contributed by atoms with Crippen LogP contribution >= 0.6 is 0 Å². The molecular formula is C53H38N-. The van der Waals surface area contributed by atoms with Crippen LogP contribution in [0.15, 0.2) is 188 Å². The lowest BCUT2D eigenvalue weighted by molar-refractivity contribution is 1.05. The molecule has 1 aliphatic heterocycles. The molecule has 1 aliphatic rings. The largest absolute Gasteiger partial charge is 0.674 e. The van der Waals surface area contributed by atoms with E-state index in [-0.39, 0.29) is 6.04 Å². The summed E-state index contributed by atoms with van der Waals surface area (Å²) in [6.45, 7) is 4.44. The van der Waals surface area contributed by atoms with Crippen molar-refractivity contribution in [1.82, 2.24) is 0 Å². The van der Waals surface area contributed by atoms with Gasteiger partial charge in [-0.15, -0.1) is 5.70 Å². The quantitative estimate of drug-likeness (QED) is 0.160. The van der Waals surface area contributed by atoms with Crippen LogP contribution < -0.4 is 0 Å². The van der Waals surface area contributed by atoms with Gasteiger partial charge in [0.25, 0.3) is 0 Å². The van der Waals surface area contributed by atoms with E-state index in [1.807, 2.05) is 0 Å². The number of benzene rings is 9. The predicted octanol–water partition coefficient (Wildman–Crippen LogP) is 14.9. The topological polar surface area (TPSA) is 14.1 Å². The van der Waals surface area contributed by atoms with Crippen molar-refractivity contribution < 1.29 is 0 Å². The fourth-order valence-electron chi connectivity index (χ4n) is 8.85. The molecule has 1 atom stereocenters. The zero-order valence-electron chi connectivity index (χ0n) is 30.4. The van der Waals surface area contributed by atoms with Gasteiger partial charge in [0.2, 0.25) is 0 Å². The molecular weight excluding hydrogens is 651 g/mol. The average Bonchev–Trinajstić information content (AvgIpc) is 3.23. The highest BCUT2D eigenvalue weighted by Crippen LogP contribution is 2.47. The summed E-state index contributed by atoms with van der Waals surface area (Å²) in [5.74, 6) is 0. The molecule has 0 fully saturated rings. The molecule has 0 aliphatic carbocycles. The smallest absolute Gasteiger partial charge is 0.00201 e. The Labute approximate surface area is 316 Å². The lowest BCUT2D eigenvalue weighted by Gasteiger charge is -2.37. The van der Waals surface area contributed by atoms with Gasteiger partial charge in [0.15, 0.2) is 0 Å². The first kappa shape index (κ1) is 32.0. The van der Waals surface area contributed by atoms with Gasteiger partial charge >= 0.3 is 0 Å². The van der Waals surface area contributed by atoms with Gasteiger partial charge in [-0.1, -0.05) is 200 Å². The van der Waals surface area contributed by atoms with E-state index >= 15 is 0 Å².